The van der Waals surface area contributed by atoms with Crippen molar-refractivity contribution in [3.63, 3.8) is 0 Å². The number of esters is 1. The highest BCUT2D eigenvalue weighted by Gasteiger charge is 2.07. The monoisotopic (exact) mass is 274 g/mol. The zero-order valence-electron chi connectivity index (χ0n) is 10.5. The fourth-order valence-corrected chi connectivity index (χ4v) is 2.19. The van der Waals surface area contributed by atoms with Crippen LogP contribution in [0, 0.1) is 0 Å². The van der Waals surface area contributed by atoms with Crippen molar-refractivity contribution < 1.29 is 9.53 Å². The number of nitrogens with zero attached hydrogens (tertiary/aromatic N) is 1. The Morgan fingerprint density at radius 2 is 2.00 bits per heavy atom. The van der Waals surface area contributed by atoms with Gasteiger partial charge in [0.15, 0.2) is 0 Å². The highest BCUT2D eigenvalue weighted by atomic mass is 32.2. The SMILES string of the molecule is CCOC(=O)c1ccc(Sc2ccc(N)cc2)nc1. The fourth-order valence-electron chi connectivity index (χ4n) is 1.43. The van der Waals surface area contributed by atoms with Crippen LogP contribution in [0.2, 0.25) is 0 Å². The Balaban J connectivity index is 2.06. The molecule has 1 aromatic heterocycles. The van der Waals surface area contributed by atoms with Gasteiger partial charge in [-0.15, -0.1) is 0 Å². The molecule has 0 unspecified atom stereocenters. The summed E-state index contributed by atoms with van der Waals surface area (Å²) in [6.45, 7) is 2.14. The summed E-state index contributed by atoms with van der Waals surface area (Å²) in [4.78, 5) is 16.7. The topological polar surface area (TPSA) is 65.2 Å². The van der Waals surface area contributed by atoms with E-state index in [1.54, 1.807) is 19.1 Å². The number of rotatable bonds is 4. The number of carbonyl (C=O) groups is 1. The van der Waals surface area contributed by atoms with Crippen molar-refractivity contribution in [2.75, 3.05) is 12.3 Å². The number of benzene rings is 1. The van der Waals surface area contributed by atoms with E-state index in [4.69, 9.17) is 10.5 Å². The van der Waals surface area contributed by atoms with Gasteiger partial charge in [-0.2, -0.15) is 0 Å². The van der Waals surface area contributed by atoms with Crippen LogP contribution in [-0.2, 0) is 4.74 Å². The summed E-state index contributed by atoms with van der Waals surface area (Å²) in [7, 11) is 0. The van der Waals surface area contributed by atoms with Gasteiger partial charge in [-0.25, -0.2) is 9.78 Å². The molecule has 0 aliphatic rings. The lowest BCUT2D eigenvalue weighted by atomic mass is 10.3. The molecule has 2 aromatic rings. The van der Waals surface area contributed by atoms with Gasteiger partial charge in [0.25, 0.3) is 0 Å². The van der Waals surface area contributed by atoms with Crippen molar-refractivity contribution in [1.29, 1.82) is 0 Å². The molecular formula is C14H14N2O2S. The van der Waals surface area contributed by atoms with Crippen LogP contribution in [-0.4, -0.2) is 17.6 Å². The van der Waals surface area contributed by atoms with Crippen molar-refractivity contribution >= 4 is 23.4 Å². The molecule has 0 radical (unpaired) electrons. The standard InChI is InChI=1S/C14H14N2O2S/c1-2-18-14(17)10-3-8-13(16-9-10)19-12-6-4-11(15)5-7-12/h3-9H,2,15H2,1H3. The van der Waals surface area contributed by atoms with Crippen LogP contribution in [0.4, 0.5) is 5.69 Å². The van der Waals surface area contributed by atoms with Crippen molar-refractivity contribution in [1.82, 2.24) is 4.98 Å². The van der Waals surface area contributed by atoms with E-state index in [0.29, 0.717) is 12.2 Å². The number of nitrogen functional groups attached to an aromatic ring is 1. The number of ether oxygens (including phenoxy) is 1. The first-order valence-electron chi connectivity index (χ1n) is 5.85. The minimum absolute atomic E-state index is 0.348. The molecule has 0 aliphatic heterocycles. The minimum Gasteiger partial charge on any atom is -0.462 e. The van der Waals surface area contributed by atoms with E-state index in [1.807, 2.05) is 24.3 Å². The van der Waals surface area contributed by atoms with Crippen LogP contribution in [0.5, 0.6) is 0 Å². The number of pyridine rings is 1. The number of nitrogens with two attached hydrogens (primary N) is 1. The van der Waals surface area contributed by atoms with Crippen LogP contribution in [0.3, 0.4) is 0 Å². The molecule has 1 aromatic carbocycles. The number of hydrogen-bond donors (Lipinski definition) is 1. The van der Waals surface area contributed by atoms with E-state index in [2.05, 4.69) is 4.98 Å². The van der Waals surface area contributed by atoms with Gasteiger partial charge >= 0.3 is 5.97 Å². The molecule has 98 valence electrons. The zero-order valence-corrected chi connectivity index (χ0v) is 11.3. The van der Waals surface area contributed by atoms with Crippen molar-refractivity contribution in [3.05, 3.63) is 48.2 Å². The number of carbonyl (C=O) groups excluding carboxylic acids is 1. The first-order chi connectivity index (χ1) is 9.19. The predicted molar refractivity (Wildman–Crippen MR) is 75.2 cm³/mol. The Kier molecular flexibility index (Phi) is 4.41. The third kappa shape index (κ3) is 3.72. The summed E-state index contributed by atoms with van der Waals surface area (Å²) in [5.41, 5.74) is 6.82. The van der Waals surface area contributed by atoms with Crippen LogP contribution in [0.1, 0.15) is 17.3 Å². The maximum Gasteiger partial charge on any atom is 0.339 e. The number of hydrogen-bond acceptors (Lipinski definition) is 5. The van der Waals surface area contributed by atoms with E-state index >= 15 is 0 Å². The summed E-state index contributed by atoms with van der Waals surface area (Å²) in [5.74, 6) is -0.348. The Morgan fingerprint density at radius 1 is 1.26 bits per heavy atom. The first kappa shape index (κ1) is 13.4. The van der Waals surface area contributed by atoms with E-state index in [1.165, 1.54) is 18.0 Å². The van der Waals surface area contributed by atoms with Crippen molar-refractivity contribution in [2.45, 2.75) is 16.8 Å². The third-order valence-electron chi connectivity index (χ3n) is 2.35. The average Bonchev–Trinajstić information content (AvgIpc) is 2.42. The molecule has 4 nitrogen and oxygen atoms in total. The first-order valence-corrected chi connectivity index (χ1v) is 6.67. The van der Waals surface area contributed by atoms with Gasteiger partial charge in [0.05, 0.1) is 12.2 Å². The molecule has 2 rings (SSSR count). The highest BCUT2D eigenvalue weighted by Crippen LogP contribution is 2.26. The van der Waals surface area contributed by atoms with E-state index in [-0.39, 0.29) is 5.97 Å². The van der Waals surface area contributed by atoms with Gasteiger partial charge in [0.1, 0.15) is 5.03 Å². The fraction of sp³-hybridized carbons (Fsp3) is 0.143. The van der Waals surface area contributed by atoms with E-state index in [9.17, 15) is 4.79 Å². The van der Waals surface area contributed by atoms with Gasteiger partial charge in [0, 0.05) is 16.8 Å². The summed E-state index contributed by atoms with van der Waals surface area (Å²) < 4.78 is 4.90. The summed E-state index contributed by atoms with van der Waals surface area (Å²) >= 11 is 1.51. The summed E-state index contributed by atoms with van der Waals surface area (Å²) in [6.07, 6.45) is 1.53. The number of anilines is 1. The molecule has 0 fully saturated rings. The van der Waals surface area contributed by atoms with Gasteiger partial charge in [-0.3, -0.25) is 0 Å². The Bertz CT molecular complexity index is 553. The predicted octanol–water partition coefficient (Wildman–Crippen LogP) is 2.99. The highest BCUT2D eigenvalue weighted by molar-refractivity contribution is 7.99. The zero-order chi connectivity index (χ0) is 13.7. The largest absolute Gasteiger partial charge is 0.462 e. The smallest absolute Gasteiger partial charge is 0.339 e. The minimum atomic E-state index is -0.348. The summed E-state index contributed by atoms with van der Waals surface area (Å²) in [6, 6.07) is 11.1. The second-order valence-electron chi connectivity index (χ2n) is 3.78. The Morgan fingerprint density at radius 3 is 2.58 bits per heavy atom. The maximum atomic E-state index is 11.5. The van der Waals surface area contributed by atoms with Gasteiger partial charge in [0.2, 0.25) is 0 Å². The molecular weight excluding hydrogens is 260 g/mol. The molecule has 1 heterocycles. The van der Waals surface area contributed by atoms with Crippen LogP contribution < -0.4 is 5.73 Å². The lowest BCUT2D eigenvalue weighted by Gasteiger charge is -2.03. The van der Waals surface area contributed by atoms with Crippen LogP contribution in [0.25, 0.3) is 0 Å². The van der Waals surface area contributed by atoms with Crippen LogP contribution in [0.15, 0.2) is 52.5 Å². The lowest BCUT2D eigenvalue weighted by molar-refractivity contribution is 0.0525. The average molecular weight is 274 g/mol. The molecule has 5 heteroatoms. The van der Waals surface area contributed by atoms with Gasteiger partial charge < -0.3 is 10.5 Å². The molecule has 0 atom stereocenters. The molecule has 2 N–H and O–H groups in total. The number of aromatic nitrogens is 1. The van der Waals surface area contributed by atoms with Gasteiger partial charge in [-0.05, 0) is 43.3 Å². The molecule has 0 bridgehead atoms. The molecule has 19 heavy (non-hydrogen) atoms. The Labute approximate surface area is 116 Å². The molecule has 0 spiro atoms. The second-order valence-corrected chi connectivity index (χ2v) is 4.87. The quantitative estimate of drug-likeness (QED) is 0.686. The maximum absolute atomic E-state index is 11.5. The van der Waals surface area contributed by atoms with Gasteiger partial charge in [-0.1, -0.05) is 11.8 Å². The molecule has 0 aliphatic carbocycles. The Hall–Kier alpha value is -2.01. The van der Waals surface area contributed by atoms with Crippen molar-refractivity contribution in [2.24, 2.45) is 0 Å². The lowest BCUT2D eigenvalue weighted by Crippen LogP contribution is -2.04. The third-order valence-corrected chi connectivity index (χ3v) is 3.31. The van der Waals surface area contributed by atoms with Crippen LogP contribution >= 0.6 is 11.8 Å². The summed E-state index contributed by atoms with van der Waals surface area (Å²) in [5, 5.41) is 0.817. The molecule has 0 saturated carbocycles. The normalized spacial score (nSPS) is 10.2. The van der Waals surface area contributed by atoms with Crippen molar-refractivity contribution in [3.8, 4) is 0 Å². The molecule has 0 saturated heterocycles. The molecule has 0 amide bonds. The van der Waals surface area contributed by atoms with E-state index < -0.39 is 0 Å². The second kappa shape index (κ2) is 6.24. The van der Waals surface area contributed by atoms with E-state index in [0.717, 1.165) is 15.6 Å².